The molecular weight excluding hydrogens is 446 g/mol. The number of amides is 1. The molecule has 2 aromatic carbocycles. The van der Waals surface area contributed by atoms with E-state index in [-0.39, 0.29) is 12.0 Å². The van der Waals surface area contributed by atoms with Gasteiger partial charge < -0.3 is 14.2 Å². The van der Waals surface area contributed by atoms with Crippen LogP contribution in [0.3, 0.4) is 0 Å². The second kappa shape index (κ2) is 9.85. The summed E-state index contributed by atoms with van der Waals surface area (Å²) in [5.41, 5.74) is 2.26. The fourth-order valence-corrected chi connectivity index (χ4v) is 4.78. The predicted octanol–water partition coefficient (Wildman–Crippen LogP) is 4.60. The van der Waals surface area contributed by atoms with E-state index in [1.807, 2.05) is 19.1 Å². The van der Waals surface area contributed by atoms with Crippen LogP contribution in [0.25, 0.3) is 6.08 Å². The Morgan fingerprint density at radius 1 is 1.25 bits per heavy atom. The molecule has 2 fully saturated rings. The van der Waals surface area contributed by atoms with Crippen molar-refractivity contribution in [1.29, 1.82) is 0 Å². The molecule has 2 aliphatic rings. The number of rotatable bonds is 6. The van der Waals surface area contributed by atoms with Gasteiger partial charge >= 0.3 is 5.97 Å². The van der Waals surface area contributed by atoms with Gasteiger partial charge in [-0.15, -0.1) is 0 Å². The van der Waals surface area contributed by atoms with E-state index in [1.54, 1.807) is 41.3 Å². The number of aryl methyl sites for hydroxylation is 1. The maximum atomic E-state index is 12.8. The van der Waals surface area contributed by atoms with E-state index < -0.39 is 5.97 Å². The van der Waals surface area contributed by atoms with Gasteiger partial charge in [0.2, 0.25) is 0 Å². The van der Waals surface area contributed by atoms with Gasteiger partial charge in [-0.25, -0.2) is 4.79 Å². The first-order valence-electron chi connectivity index (χ1n) is 10.3. The molecule has 0 radical (unpaired) electrons. The van der Waals surface area contributed by atoms with E-state index >= 15 is 0 Å². The number of esters is 1. The predicted molar refractivity (Wildman–Crippen MR) is 128 cm³/mol. The molecular formula is C24H23NO5S2. The number of carbonyl (C=O) groups is 2. The zero-order chi connectivity index (χ0) is 22.7. The summed E-state index contributed by atoms with van der Waals surface area (Å²) in [4.78, 5) is 27.4. The first-order valence-corrected chi connectivity index (χ1v) is 11.5. The fourth-order valence-electron chi connectivity index (χ4n) is 3.51. The van der Waals surface area contributed by atoms with Crippen molar-refractivity contribution < 1.29 is 23.8 Å². The molecule has 0 spiro atoms. The van der Waals surface area contributed by atoms with Crippen molar-refractivity contribution in [1.82, 2.24) is 4.90 Å². The Morgan fingerprint density at radius 2 is 2.03 bits per heavy atom. The lowest BCUT2D eigenvalue weighted by Crippen LogP contribution is -2.35. The number of hydrogen-bond acceptors (Lipinski definition) is 7. The maximum Gasteiger partial charge on any atom is 0.343 e. The van der Waals surface area contributed by atoms with Crippen LogP contribution in [0.4, 0.5) is 0 Å². The molecule has 2 aromatic rings. The molecule has 6 nitrogen and oxygen atoms in total. The molecule has 2 heterocycles. The molecule has 1 amide bonds. The van der Waals surface area contributed by atoms with Crippen LogP contribution >= 0.6 is 24.0 Å². The van der Waals surface area contributed by atoms with Crippen molar-refractivity contribution in [2.24, 2.45) is 0 Å². The van der Waals surface area contributed by atoms with Crippen LogP contribution in [-0.2, 0) is 9.53 Å². The Labute approximate surface area is 196 Å². The largest absolute Gasteiger partial charge is 0.493 e. The molecule has 0 aromatic heterocycles. The summed E-state index contributed by atoms with van der Waals surface area (Å²) in [5, 5.41) is 0. The average Bonchev–Trinajstić information content (AvgIpc) is 3.39. The summed E-state index contributed by atoms with van der Waals surface area (Å²) in [7, 11) is 1.50. The monoisotopic (exact) mass is 469 g/mol. The molecule has 166 valence electrons. The Balaban J connectivity index is 1.49. The van der Waals surface area contributed by atoms with Gasteiger partial charge in [0.15, 0.2) is 11.5 Å². The van der Waals surface area contributed by atoms with E-state index in [2.05, 4.69) is 0 Å². The average molecular weight is 470 g/mol. The van der Waals surface area contributed by atoms with Crippen LogP contribution in [0.1, 0.15) is 34.3 Å². The first kappa shape index (κ1) is 22.5. The topological polar surface area (TPSA) is 65.1 Å². The summed E-state index contributed by atoms with van der Waals surface area (Å²) >= 11 is 6.68. The Kier molecular flexibility index (Phi) is 6.93. The van der Waals surface area contributed by atoms with E-state index in [0.29, 0.717) is 32.8 Å². The highest BCUT2D eigenvalue weighted by molar-refractivity contribution is 8.26. The normalized spacial score (nSPS) is 19.6. The SMILES string of the molecule is COc1cc(/C=C2\SC(=S)N(CC3CCCO3)C2=O)ccc1OC(=O)c1ccc(C)cc1. The van der Waals surface area contributed by atoms with Crippen LogP contribution in [0.15, 0.2) is 47.4 Å². The van der Waals surface area contributed by atoms with Crippen molar-refractivity contribution in [2.45, 2.75) is 25.9 Å². The van der Waals surface area contributed by atoms with Crippen LogP contribution < -0.4 is 9.47 Å². The standard InChI is InChI=1S/C24H23NO5S2/c1-15-5-8-17(9-6-15)23(27)30-19-10-7-16(12-20(19)28-2)13-21-22(26)25(24(31)32-21)14-18-4-3-11-29-18/h5-10,12-13,18H,3-4,11,14H2,1-2H3/b21-13-. The fraction of sp³-hybridized carbons (Fsp3) is 0.292. The molecule has 8 heteroatoms. The maximum absolute atomic E-state index is 12.8. The summed E-state index contributed by atoms with van der Waals surface area (Å²) in [6, 6.07) is 12.3. The molecule has 1 unspecified atom stereocenters. The van der Waals surface area contributed by atoms with Crippen molar-refractivity contribution >= 4 is 46.3 Å². The number of methoxy groups -OCH3 is 1. The Morgan fingerprint density at radius 3 is 2.72 bits per heavy atom. The highest BCUT2D eigenvalue weighted by Crippen LogP contribution is 2.35. The van der Waals surface area contributed by atoms with E-state index in [4.69, 9.17) is 26.4 Å². The molecule has 32 heavy (non-hydrogen) atoms. The van der Waals surface area contributed by atoms with Gasteiger partial charge in [-0.3, -0.25) is 9.69 Å². The van der Waals surface area contributed by atoms with Crippen LogP contribution in [-0.4, -0.2) is 47.5 Å². The van der Waals surface area contributed by atoms with E-state index in [1.165, 1.54) is 18.9 Å². The Bertz CT molecular complexity index is 1070. The third kappa shape index (κ3) is 5.03. The number of carbonyl (C=O) groups excluding carboxylic acids is 2. The number of ether oxygens (including phenoxy) is 3. The first-order chi connectivity index (χ1) is 15.4. The Hall–Kier alpha value is -2.68. The number of benzene rings is 2. The van der Waals surface area contributed by atoms with Gasteiger partial charge in [0.05, 0.1) is 30.2 Å². The molecule has 1 atom stereocenters. The molecule has 0 saturated carbocycles. The number of hydrogen-bond donors (Lipinski definition) is 0. The third-order valence-electron chi connectivity index (χ3n) is 5.26. The van der Waals surface area contributed by atoms with E-state index in [0.717, 1.165) is 30.6 Å². The highest BCUT2D eigenvalue weighted by atomic mass is 32.2. The molecule has 4 rings (SSSR count). The van der Waals surface area contributed by atoms with Gasteiger partial charge in [0, 0.05) is 6.61 Å². The number of thioether (sulfide) groups is 1. The molecule has 0 N–H and O–H groups in total. The van der Waals surface area contributed by atoms with Crippen molar-refractivity contribution in [3.05, 3.63) is 64.1 Å². The zero-order valence-electron chi connectivity index (χ0n) is 17.8. The zero-order valence-corrected chi connectivity index (χ0v) is 19.5. The third-order valence-corrected chi connectivity index (χ3v) is 6.64. The molecule has 0 aliphatic carbocycles. The van der Waals surface area contributed by atoms with Gasteiger partial charge in [0.25, 0.3) is 5.91 Å². The summed E-state index contributed by atoms with van der Waals surface area (Å²) in [5.74, 6) is 0.116. The van der Waals surface area contributed by atoms with Crippen molar-refractivity contribution in [3.63, 3.8) is 0 Å². The van der Waals surface area contributed by atoms with Crippen molar-refractivity contribution in [2.75, 3.05) is 20.3 Å². The van der Waals surface area contributed by atoms with Crippen LogP contribution in [0, 0.1) is 6.92 Å². The van der Waals surface area contributed by atoms with Gasteiger partial charge in [-0.2, -0.15) is 0 Å². The van der Waals surface area contributed by atoms with Gasteiger partial charge in [-0.05, 0) is 55.7 Å². The smallest absolute Gasteiger partial charge is 0.343 e. The quantitative estimate of drug-likeness (QED) is 0.265. The second-order valence-electron chi connectivity index (χ2n) is 7.59. The lowest BCUT2D eigenvalue weighted by atomic mass is 10.1. The highest BCUT2D eigenvalue weighted by Gasteiger charge is 2.34. The number of nitrogens with zero attached hydrogens (tertiary/aromatic N) is 1. The van der Waals surface area contributed by atoms with E-state index in [9.17, 15) is 9.59 Å². The minimum atomic E-state index is -0.467. The minimum absolute atomic E-state index is 0.0412. The summed E-state index contributed by atoms with van der Waals surface area (Å²) in [6.45, 7) is 3.17. The minimum Gasteiger partial charge on any atom is -0.493 e. The second-order valence-corrected chi connectivity index (χ2v) is 9.27. The lowest BCUT2D eigenvalue weighted by Gasteiger charge is -2.18. The van der Waals surface area contributed by atoms with Crippen molar-refractivity contribution in [3.8, 4) is 11.5 Å². The lowest BCUT2D eigenvalue weighted by molar-refractivity contribution is -0.123. The number of thiocarbonyl (C=S) groups is 1. The summed E-state index contributed by atoms with van der Waals surface area (Å²) < 4.78 is 17.1. The molecule has 0 bridgehead atoms. The van der Waals surface area contributed by atoms with Gasteiger partial charge in [0.1, 0.15) is 4.32 Å². The molecule has 2 saturated heterocycles. The van der Waals surface area contributed by atoms with Gasteiger partial charge in [-0.1, -0.05) is 47.7 Å². The molecule has 2 aliphatic heterocycles. The van der Waals surface area contributed by atoms with Crippen LogP contribution in [0.5, 0.6) is 11.5 Å². The van der Waals surface area contributed by atoms with Crippen LogP contribution in [0.2, 0.25) is 0 Å². The summed E-state index contributed by atoms with van der Waals surface area (Å²) in [6.07, 6.45) is 3.76.